The second-order valence-electron chi connectivity index (χ2n) is 8.99. The molecule has 5 aromatic rings. The van der Waals surface area contributed by atoms with Crippen LogP contribution in [0.3, 0.4) is 0 Å². The van der Waals surface area contributed by atoms with E-state index in [-0.39, 0.29) is 0 Å². The Morgan fingerprint density at radius 2 is 1.39 bits per heavy atom. The highest BCUT2D eigenvalue weighted by atomic mass is 15.0. The van der Waals surface area contributed by atoms with Crippen molar-refractivity contribution in [3.8, 4) is 0 Å². The number of fused-ring (bicyclic) bond motifs is 2. The van der Waals surface area contributed by atoms with Gasteiger partial charge in [0.15, 0.2) is 0 Å². The van der Waals surface area contributed by atoms with Crippen LogP contribution in [0, 0.1) is 0 Å². The van der Waals surface area contributed by atoms with Gasteiger partial charge in [-0.3, -0.25) is 4.98 Å². The number of imidazole rings is 2. The lowest BCUT2D eigenvalue weighted by molar-refractivity contribution is 0.799. The van der Waals surface area contributed by atoms with Crippen LogP contribution in [0.4, 0.5) is 0 Å². The first-order chi connectivity index (χ1) is 15.8. The molecule has 0 saturated heterocycles. The van der Waals surface area contributed by atoms with Gasteiger partial charge in [-0.1, -0.05) is 65.8 Å². The van der Waals surface area contributed by atoms with Crippen LogP contribution in [-0.2, 0) is 0 Å². The molecule has 4 aromatic heterocycles. The third-order valence-corrected chi connectivity index (χ3v) is 5.21. The van der Waals surface area contributed by atoms with Crippen molar-refractivity contribution in [2.75, 3.05) is 0 Å². The van der Waals surface area contributed by atoms with Gasteiger partial charge in [0.2, 0.25) is 0 Å². The number of rotatable bonds is 3. The maximum atomic E-state index is 4.48. The number of pyridine rings is 2. The van der Waals surface area contributed by atoms with Crippen molar-refractivity contribution < 1.29 is 0 Å². The average Bonchev–Trinajstić information content (AvgIpc) is 3.45. The van der Waals surface area contributed by atoms with Crippen LogP contribution in [0.15, 0.2) is 79.3 Å². The van der Waals surface area contributed by atoms with Crippen LogP contribution >= 0.6 is 0 Å². The number of hydrogen-bond donors (Lipinski definition) is 1. The number of para-hydroxylation sites is 2. The lowest BCUT2D eigenvalue weighted by Crippen LogP contribution is -1.88. The maximum absolute atomic E-state index is 4.48. The number of nitrogens with one attached hydrogen (secondary N) is 1. The molecule has 0 amide bonds. The Morgan fingerprint density at radius 1 is 0.697 bits per heavy atom. The third kappa shape index (κ3) is 6.75. The number of aromatic amines is 1. The van der Waals surface area contributed by atoms with Gasteiger partial charge < -0.3 is 9.38 Å². The molecule has 1 N–H and O–H groups in total. The molecule has 1 aromatic carbocycles. The minimum atomic E-state index is 0.470. The summed E-state index contributed by atoms with van der Waals surface area (Å²) in [5, 5.41) is 0. The average molecular weight is 442 g/mol. The predicted molar refractivity (Wildman–Crippen MR) is 138 cm³/mol. The first kappa shape index (κ1) is 24.2. The zero-order chi connectivity index (χ0) is 23.8. The summed E-state index contributed by atoms with van der Waals surface area (Å²) in [6.45, 7) is 12.9. The number of nitrogens with zero attached hydrogens (tertiary/aromatic N) is 4. The van der Waals surface area contributed by atoms with E-state index >= 15 is 0 Å². The first-order valence-corrected chi connectivity index (χ1v) is 11.6. The fourth-order valence-electron chi connectivity index (χ4n) is 3.20. The highest BCUT2D eigenvalue weighted by Gasteiger charge is 2.04. The first-order valence-electron chi connectivity index (χ1n) is 11.6. The summed E-state index contributed by atoms with van der Waals surface area (Å²) >= 11 is 0. The van der Waals surface area contributed by atoms with Crippen molar-refractivity contribution in [2.24, 2.45) is 0 Å². The van der Waals surface area contributed by atoms with Crippen molar-refractivity contribution in [1.29, 1.82) is 0 Å². The SMILES string of the molecule is CC(C)c1ccccn1.CC(C)c1cn2ccccc2n1.CC(C)c1nc2ccccc2[nH]1. The predicted octanol–water partition coefficient (Wildman–Crippen LogP) is 7.35. The number of benzene rings is 1. The van der Waals surface area contributed by atoms with E-state index in [0.717, 1.165) is 33.9 Å². The second kappa shape index (κ2) is 11.4. The Kier molecular flexibility index (Phi) is 8.36. The lowest BCUT2D eigenvalue weighted by atomic mass is 10.1. The van der Waals surface area contributed by atoms with Crippen molar-refractivity contribution in [1.82, 2.24) is 24.3 Å². The molecular weight excluding hydrogens is 406 g/mol. The molecular formula is C28H35N5. The van der Waals surface area contributed by atoms with Gasteiger partial charge in [-0.2, -0.15) is 0 Å². The summed E-state index contributed by atoms with van der Waals surface area (Å²) < 4.78 is 2.05. The minimum absolute atomic E-state index is 0.470. The molecule has 0 aliphatic heterocycles. The number of H-pyrrole nitrogens is 1. The van der Waals surface area contributed by atoms with Gasteiger partial charge in [-0.05, 0) is 48.2 Å². The molecule has 5 rings (SSSR count). The highest BCUT2D eigenvalue weighted by molar-refractivity contribution is 5.74. The molecule has 0 unspecified atom stereocenters. The third-order valence-electron chi connectivity index (χ3n) is 5.21. The summed E-state index contributed by atoms with van der Waals surface area (Å²) in [6, 6.07) is 20.1. The fourth-order valence-corrected chi connectivity index (χ4v) is 3.20. The molecule has 172 valence electrons. The Bertz CT molecular complexity index is 1110. The zero-order valence-corrected chi connectivity index (χ0v) is 20.5. The topological polar surface area (TPSA) is 58.9 Å². The van der Waals surface area contributed by atoms with E-state index in [2.05, 4.69) is 72.1 Å². The maximum Gasteiger partial charge on any atom is 0.136 e. The molecule has 0 spiro atoms. The van der Waals surface area contributed by atoms with E-state index in [1.807, 2.05) is 73.1 Å². The van der Waals surface area contributed by atoms with E-state index in [1.165, 1.54) is 0 Å². The van der Waals surface area contributed by atoms with Gasteiger partial charge in [0.1, 0.15) is 11.5 Å². The summed E-state index contributed by atoms with van der Waals surface area (Å²) in [6.07, 6.45) is 5.93. The summed E-state index contributed by atoms with van der Waals surface area (Å²) in [4.78, 5) is 16.4. The molecule has 5 nitrogen and oxygen atoms in total. The minimum Gasteiger partial charge on any atom is -0.342 e. The Hall–Kier alpha value is -3.47. The molecule has 33 heavy (non-hydrogen) atoms. The summed E-state index contributed by atoms with van der Waals surface area (Å²) in [5.74, 6) is 2.59. The van der Waals surface area contributed by atoms with Crippen molar-refractivity contribution in [3.63, 3.8) is 0 Å². The highest BCUT2D eigenvalue weighted by Crippen LogP contribution is 2.16. The fraction of sp³-hybridized carbons (Fsp3) is 0.321. The van der Waals surface area contributed by atoms with Gasteiger partial charge in [0.25, 0.3) is 0 Å². The van der Waals surface area contributed by atoms with Crippen LogP contribution < -0.4 is 0 Å². The van der Waals surface area contributed by atoms with Crippen LogP contribution in [0.5, 0.6) is 0 Å². The van der Waals surface area contributed by atoms with E-state index in [4.69, 9.17) is 0 Å². The summed E-state index contributed by atoms with van der Waals surface area (Å²) in [5.41, 5.74) is 5.53. The molecule has 5 heteroatoms. The van der Waals surface area contributed by atoms with Gasteiger partial charge in [0, 0.05) is 30.2 Å². The van der Waals surface area contributed by atoms with Crippen LogP contribution in [0.25, 0.3) is 16.7 Å². The molecule has 0 aliphatic rings. The Balaban J connectivity index is 0.000000141. The standard InChI is InChI=1S/2C10H12N2.C8H11N/c1-8(2)9-7-12-6-4-3-5-10(12)11-9;1-7(2)10-11-8-5-3-4-6-9(8)12-10;1-7(2)8-5-3-4-6-9-8/h3-8H,1-2H3;3-7H,1-2H3,(H,11,12);3-7H,1-2H3. The van der Waals surface area contributed by atoms with Crippen LogP contribution in [0.2, 0.25) is 0 Å². The van der Waals surface area contributed by atoms with Crippen LogP contribution in [-0.4, -0.2) is 24.3 Å². The number of hydrogen-bond acceptors (Lipinski definition) is 3. The molecule has 0 fully saturated rings. The van der Waals surface area contributed by atoms with E-state index in [1.54, 1.807) is 0 Å². The zero-order valence-electron chi connectivity index (χ0n) is 20.5. The van der Waals surface area contributed by atoms with Gasteiger partial charge >= 0.3 is 0 Å². The second-order valence-corrected chi connectivity index (χ2v) is 8.99. The van der Waals surface area contributed by atoms with Crippen molar-refractivity contribution >= 4 is 16.7 Å². The Labute approximate surface area is 197 Å². The van der Waals surface area contributed by atoms with Crippen LogP contribution in [0.1, 0.15) is 76.5 Å². The van der Waals surface area contributed by atoms with Gasteiger partial charge in [0.05, 0.1) is 16.7 Å². The molecule has 4 heterocycles. The number of aromatic nitrogens is 5. The van der Waals surface area contributed by atoms with Crippen molar-refractivity contribution in [2.45, 2.75) is 59.3 Å². The molecule has 0 atom stereocenters. The molecule has 0 radical (unpaired) electrons. The largest absolute Gasteiger partial charge is 0.342 e. The molecule has 0 aliphatic carbocycles. The van der Waals surface area contributed by atoms with E-state index in [0.29, 0.717) is 17.8 Å². The monoisotopic (exact) mass is 441 g/mol. The van der Waals surface area contributed by atoms with E-state index in [9.17, 15) is 0 Å². The van der Waals surface area contributed by atoms with E-state index < -0.39 is 0 Å². The smallest absolute Gasteiger partial charge is 0.136 e. The molecule has 0 bridgehead atoms. The van der Waals surface area contributed by atoms with Gasteiger partial charge in [-0.25, -0.2) is 9.97 Å². The normalized spacial score (nSPS) is 10.9. The van der Waals surface area contributed by atoms with Crippen molar-refractivity contribution in [3.05, 3.63) is 96.5 Å². The molecule has 0 saturated carbocycles. The quantitative estimate of drug-likeness (QED) is 0.318. The summed E-state index contributed by atoms with van der Waals surface area (Å²) in [7, 11) is 0. The van der Waals surface area contributed by atoms with Gasteiger partial charge in [-0.15, -0.1) is 0 Å². The lowest BCUT2D eigenvalue weighted by Gasteiger charge is -2.00. The Morgan fingerprint density at radius 3 is 1.97 bits per heavy atom.